The van der Waals surface area contributed by atoms with Crippen molar-refractivity contribution < 1.29 is 9.90 Å². The van der Waals surface area contributed by atoms with Gasteiger partial charge in [0.25, 0.3) is 0 Å². The van der Waals surface area contributed by atoms with Gasteiger partial charge in [-0.1, -0.05) is 19.1 Å². The van der Waals surface area contributed by atoms with Crippen LogP contribution in [0.5, 0.6) is 5.75 Å². The minimum Gasteiger partial charge on any atom is -0.508 e. The fourth-order valence-electron chi connectivity index (χ4n) is 3.52. The average Bonchev–Trinajstić information content (AvgIpc) is 2.84. The number of benzene rings is 1. The highest BCUT2D eigenvalue weighted by Gasteiger charge is 2.38. The first-order valence-electron chi connectivity index (χ1n) is 7.78. The molecule has 0 radical (unpaired) electrons. The maximum absolute atomic E-state index is 12.7. The second-order valence-corrected chi connectivity index (χ2v) is 6.38. The molecule has 0 unspecified atom stereocenters. The van der Waals surface area contributed by atoms with Crippen LogP contribution in [0.15, 0.2) is 35.5 Å². The molecule has 2 N–H and O–H groups in total. The highest BCUT2D eigenvalue weighted by Crippen LogP contribution is 2.41. The minimum absolute atomic E-state index is 0.137. The molecule has 0 saturated carbocycles. The van der Waals surface area contributed by atoms with Crippen molar-refractivity contribution in [3.05, 3.63) is 46.9 Å². The van der Waals surface area contributed by atoms with Gasteiger partial charge in [-0.2, -0.15) is 10.1 Å². The monoisotopic (exact) mass is 310 g/mol. The predicted octanol–water partition coefficient (Wildman–Crippen LogP) is 2.56. The van der Waals surface area contributed by atoms with Crippen LogP contribution in [0.25, 0.3) is 0 Å². The molecule has 118 valence electrons. The quantitative estimate of drug-likeness (QED) is 0.846. The van der Waals surface area contributed by atoms with E-state index in [1.165, 1.54) is 0 Å². The summed E-state index contributed by atoms with van der Waals surface area (Å²) in [4.78, 5) is 17.1. The maximum atomic E-state index is 12.7. The molecule has 1 aromatic carbocycles. The van der Waals surface area contributed by atoms with Gasteiger partial charge in [-0.15, -0.1) is 0 Å². The first-order chi connectivity index (χ1) is 11.0. The zero-order valence-corrected chi connectivity index (χ0v) is 13.1. The molecule has 1 aliphatic heterocycles. The van der Waals surface area contributed by atoms with Gasteiger partial charge in [0.1, 0.15) is 17.6 Å². The number of fused-ring (bicyclic) bond motifs is 1. The zero-order chi connectivity index (χ0) is 16.1. The van der Waals surface area contributed by atoms with Crippen molar-refractivity contribution in [2.75, 3.05) is 5.32 Å². The summed E-state index contributed by atoms with van der Waals surface area (Å²) >= 11 is 0. The van der Waals surface area contributed by atoms with Crippen LogP contribution < -0.4 is 5.32 Å². The lowest BCUT2D eigenvalue weighted by atomic mass is 9.81. The molecule has 2 heterocycles. The predicted molar refractivity (Wildman–Crippen MR) is 85.1 cm³/mol. The Morgan fingerprint density at radius 2 is 2.17 bits per heavy atom. The van der Waals surface area contributed by atoms with Crippen molar-refractivity contribution in [1.82, 2.24) is 14.8 Å². The number of hydrogen-bond acceptors (Lipinski definition) is 5. The van der Waals surface area contributed by atoms with E-state index in [0.29, 0.717) is 24.1 Å². The molecule has 0 fully saturated rings. The van der Waals surface area contributed by atoms with E-state index < -0.39 is 0 Å². The van der Waals surface area contributed by atoms with Gasteiger partial charge in [-0.05, 0) is 37.0 Å². The van der Waals surface area contributed by atoms with E-state index in [1.807, 2.05) is 13.0 Å². The van der Waals surface area contributed by atoms with Crippen LogP contribution in [-0.2, 0) is 4.79 Å². The number of phenols is 1. The number of nitrogens with zero attached hydrogens (tertiary/aromatic N) is 3. The fourth-order valence-corrected chi connectivity index (χ4v) is 3.52. The summed E-state index contributed by atoms with van der Waals surface area (Å²) in [7, 11) is 0. The van der Waals surface area contributed by atoms with Gasteiger partial charge in [0.15, 0.2) is 5.78 Å². The van der Waals surface area contributed by atoms with Crippen LogP contribution in [0.3, 0.4) is 0 Å². The maximum Gasteiger partial charge on any atom is 0.226 e. The second kappa shape index (κ2) is 4.94. The number of carbonyl (C=O) groups is 1. The molecule has 0 bridgehead atoms. The highest BCUT2D eigenvalue weighted by atomic mass is 16.3. The molecule has 2 aromatic rings. The number of carbonyl (C=O) groups excluding carboxylic acids is 1. The van der Waals surface area contributed by atoms with E-state index in [1.54, 1.807) is 22.9 Å². The third-order valence-corrected chi connectivity index (χ3v) is 4.42. The van der Waals surface area contributed by atoms with Gasteiger partial charge >= 0.3 is 0 Å². The first kappa shape index (κ1) is 14.0. The molecule has 2 atom stereocenters. The lowest BCUT2D eigenvalue weighted by Gasteiger charge is -2.34. The first-order valence-corrected chi connectivity index (χ1v) is 7.78. The highest BCUT2D eigenvalue weighted by molar-refractivity contribution is 5.99. The smallest absolute Gasteiger partial charge is 0.226 e. The van der Waals surface area contributed by atoms with Crippen molar-refractivity contribution in [3.8, 4) is 5.75 Å². The minimum atomic E-state index is -0.338. The lowest BCUT2D eigenvalue weighted by molar-refractivity contribution is -0.117. The number of nitrogens with one attached hydrogen (secondary N) is 1. The Kier molecular flexibility index (Phi) is 3.01. The second-order valence-electron chi connectivity index (χ2n) is 6.38. The topological polar surface area (TPSA) is 80.0 Å². The van der Waals surface area contributed by atoms with Crippen LogP contribution in [0.1, 0.15) is 37.2 Å². The standard InChI is InChI=1S/C17H18N4O2/c1-9-6-13-15(14(23)7-9)16(11-4-3-5-12(22)8-11)21-17(19-13)18-10(2)20-21/h3-5,8-9,16,22H,6-7H2,1-2H3,(H,18,19,20)/t9-,16-/m1/s1. The number of Topliss-reactive ketones (excluding diaryl/α,β-unsaturated/α-hetero) is 1. The van der Waals surface area contributed by atoms with Crippen molar-refractivity contribution in [3.63, 3.8) is 0 Å². The molecule has 0 spiro atoms. The Bertz CT molecular complexity index is 837. The van der Waals surface area contributed by atoms with Gasteiger partial charge in [-0.25, -0.2) is 4.68 Å². The van der Waals surface area contributed by atoms with Gasteiger partial charge in [0.2, 0.25) is 5.95 Å². The van der Waals surface area contributed by atoms with Gasteiger partial charge in [0, 0.05) is 17.7 Å². The third-order valence-electron chi connectivity index (χ3n) is 4.42. The van der Waals surface area contributed by atoms with Crippen molar-refractivity contribution in [2.45, 2.75) is 32.7 Å². The van der Waals surface area contributed by atoms with E-state index >= 15 is 0 Å². The molecule has 4 rings (SSSR count). The Labute approximate surface area is 133 Å². The Morgan fingerprint density at radius 1 is 1.35 bits per heavy atom. The average molecular weight is 310 g/mol. The summed E-state index contributed by atoms with van der Waals surface area (Å²) in [6.07, 6.45) is 1.36. The number of aromatic hydroxyl groups is 1. The van der Waals surface area contributed by atoms with E-state index in [9.17, 15) is 9.90 Å². The van der Waals surface area contributed by atoms with E-state index in [4.69, 9.17) is 0 Å². The number of phenolic OH excluding ortho intramolecular Hbond substituents is 1. The number of hydrogen-bond donors (Lipinski definition) is 2. The normalized spacial score (nSPS) is 23.3. The molecule has 0 amide bonds. The van der Waals surface area contributed by atoms with Crippen molar-refractivity contribution in [1.29, 1.82) is 0 Å². The summed E-state index contributed by atoms with van der Waals surface area (Å²) in [6.45, 7) is 3.91. The number of rotatable bonds is 1. The van der Waals surface area contributed by atoms with E-state index in [2.05, 4.69) is 22.3 Å². The van der Waals surface area contributed by atoms with Crippen molar-refractivity contribution in [2.24, 2.45) is 5.92 Å². The van der Waals surface area contributed by atoms with Crippen LogP contribution in [0.2, 0.25) is 0 Å². The van der Waals surface area contributed by atoms with Crippen molar-refractivity contribution >= 4 is 11.7 Å². The van der Waals surface area contributed by atoms with Crippen LogP contribution in [0, 0.1) is 12.8 Å². The van der Waals surface area contributed by atoms with Crippen LogP contribution in [-0.4, -0.2) is 25.7 Å². The number of anilines is 1. The summed E-state index contributed by atoms with van der Waals surface area (Å²) in [5, 5.41) is 17.6. The van der Waals surface area contributed by atoms with Gasteiger partial charge in [0.05, 0.1) is 0 Å². The number of allylic oxidation sites excluding steroid dienone is 2. The molecule has 6 heteroatoms. The summed E-state index contributed by atoms with van der Waals surface area (Å²) < 4.78 is 1.75. The van der Waals surface area contributed by atoms with Crippen LogP contribution in [0.4, 0.5) is 5.95 Å². The Hall–Kier alpha value is -2.63. The molecule has 6 nitrogen and oxygen atoms in total. The Balaban J connectivity index is 1.93. The zero-order valence-electron chi connectivity index (χ0n) is 13.1. The van der Waals surface area contributed by atoms with Gasteiger partial charge < -0.3 is 10.4 Å². The Morgan fingerprint density at radius 3 is 2.96 bits per heavy atom. The molecular formula is C17H18N4O2. The third kappa shape index (κ3) is 2.21. The van der Waals surface area contributed by atoms with Gasteiger partial charge in [-0.3, -0.25) is 4.79 Å². The fraction of sp³-hybridized carbons (Fsp3) is 0.353. The molecule has 1 aliphatic carbocycles. The number of ketones is 1. The molecule has 2 aliphatic rings. The van der Waals surface area contributed by atoms with E-state index in [-0.39, 0.29) is 17.6 Å². The molecule has 0 saturated heterocycles. The lowest BCUT2D eigenvalue weighted by Crippen LogP contribution is -2.33. The SMILES string of the molecule is Cc1nc2n(n1)[C@H](c1cccc(O)c1)C1=C(C[C@@H](C)CC1=O)N2. The summed E-state index contributed by atoms with van der Waals surface area (Å²) in [6, 6.07) is 6.67. The summed E-state index contributed by atoms with van der Waals surface area (Å²) in [5.74, 6) is 1.93. The van der Waals surface area contributed by atoms with E-state index in [0.717, 1.165) is 23.3 Å². The molecule has 1 aromatic heterocycles. The summed E-state index contributed by atoms with van der Waals surface area (Å²) in [5.41, 5.74) is 2.51. The molecule has 23 heavy (non-hydrogen) atoms. The largest absolute Gasteiger partial charge is 0.508 e. The van der Waals surface area contributed by atoms with Crippen LogP contribution >= 0.6 is 0 Å². The number of aryl methyl sites for hydroxylation is 1. The number of aromatic nitrogens is 3. The molecular weight excluding hydrogens is 292 g/mol.